The van der Waals surface area contributed by atoms with Crippen LogP contribution >= 0.6 is 0 Å². The summed E-state index contributed by atoms with van der Waals surface area (Å²) in [4.78, 5) is 24.3. The van der Waals surface area contributed by atoms with E-state index in [-0.39, 0.29) is 11.7 Å². The molecule has 0 aliphatic rings. The molecule has 1 aromatic carbocycles. The van der Waals surface area contributed by atoms with Gasteiger partial charge in [-0.2, -0.15) is 0 Å². The molecule has 19 heavy (non-hydrogen) atoms. The van der Waals surface area contributed by atoms with Crippen molar-refractivity contribution < 1.29 is 19.1 Å². The van der Waals surface area contributed by atoms with Crippen LogP contribution in [0.2, 0.25) is 0 Å². The zero-order chi connectivity index (χ0) is 14.6. The molecule has 0 saturated carbocycles. The number of benzene rings is 1. The highest BCUT2D eigenvalue weighted by Gasteiger charge is 2.20. The average molecular weight is 268 g/mol. The summed E-state index contributed by atoms with van der Waals surface area (Å²) in [5.74, 6) is -2.30. The standard InChI is InChI=1S/C13H17FN2O3/c1-4-8(2)16(3)13(19)15-10-7-5-6-9(14)11(10)12(17)18/h5-8H,4H2,1-3H3,(H,15,19)(H,17,18). The van der Waals surface area contributed by atoms with Gasteiger partial charge in [0.1, 0.15) is 11.4 Å². The maximum atomic E-state index is 13.4. The maximum absolute atomic E-state index is 13.4. The first-order valence-corrected chi connectivity index (χ1v) is 5.94. The molecule has 1 atom stereocenters. The molecule has 1 unspecified atom stereocenters. The van der Waals surface area contributed by atoms with Crippen LogP contribution in [-0.2, 0) is 0 Å². The molecule has 2 N–H and O–H groups in total. The number of urea groups is 1. The van der Waals surface area contributed by atoms with Crippen LogP contribution in [0.15, 0.2) is 18.2 Å². The van der Waals surface area contributed by atoms with Crippen molar-refractivity contribution in [3.63, 3.8) is 0 Å². The quantitative estimate of drug-likeness (QED) is 0.882. The maximum Gasteiger partial charge on any atom is 0.340 e. The van der Waals surface area contributed by atoms with E-state index in [1.54, 1.807) is 7.05 Å². The molecule has 5 nitrogen and oxygen atoms in total. The second-order valence-corrected chi connectivity index (χ2v) is 4.27. The molecule has 2 amide bonds. The van der Waals surface area contributed by atoms with Gasteiger partial charge in [0.2, 0.25) is 0 Å². The van der Waals surface area contributed by atoms with E-state index in [1.165, 1.54) is 17.0 Å². The second-order valence-electron chi connectivity index (χ2n) is 4.27. The summed E-state index contributed by atoms with van der Waals surface area (Å²) >= 11 is 0. The van der Waals surface area contributed by atoms with E-state index in [1.807, 2.05) is 13.8 Å². The number of nitrogens with zero attached hydrogens (tertiary/aromatic N) is 1. The van der Waals surface area contributed by atoms with Gasteiger partial charge in [-0.05, 0) is 25.5 Å². The molecule has 1 aromatic rings. The predicted octanol–water partition coefficient (Wildman–Crippen LogP) is 2.79. The lowest BCUT2D eigenvalue weighted by Gasteiger charge is -2.24. The lowest BCUT2D eigenvalue weighted by atomic mass is 10.1. The first kappa shape index (κ1) is 14.9. The van der Waals surface area contributed by atoms with Crippen molar-refractivity contribution >= 4 is 17.7 Å². The number of carbonyl (C=O) groups excluding carboxylic acids is 1. The number of rotatable bonds is 4. The normalized spacial score (nSPS) is 11.8. The molecule has 1 rings (SSSR count). The molecule has 0 bridgehead atoms. The van der Waals surface area contributed by atoms with Crippen LogP contribution in [0.25, 0.3) is 0 Å². The van der Waals surface area contributed by atoms with Gasteiger partial charge in [0.25, 0.3) is 0 Å². The van der Waals surface area contributed by atoms with E-state index in [0.717, 1.165) is 12.5 Å². The highest BCUT2D eigenvalue weighted by molar-refractivity contribution is 6.00. The molecule has 0 radical (unpaired) electrons. The Morgan fingerprint density at radius 3 is 2.63 bits per heavy atom. The Labute approximate surface area is 111 Å². The van der Waals surface area contributed by atoms with Gasteiger partial charge in [-0.3, -0.25) is 0 Å². The summed E-state index contributed by atoms with van der Waals surface area (Å²) in [6.45, 7) is 3.79. The van der Waals surface area contributed by atoms with Crippen LogP contribution in [-0.4, -0.2) is 35.1 Å². The van der Waals surface area contributed by atoms with E-state index < -0.39 is 23.4 Å². The van der Waals surface area contributed by atoms with E-state index in [4.69, 9.17) is 5.11 Å². The molecule has 0 spiro atoms. The largest absolute Gasteiger partial charge is 0.478 e. The molecule has 6 heteroatoms. The lowest BCUT2D eigenvalue weighted by molar-refractivity contribution is 0.0693. The van der Waals surface area contributed by atoms with Crippen LogP contribution in [0.3, 0.4) is 0 Å². The predicted molar refractivity (Wildman–Crippen MR) is 69.9 cm³/mol. The Bertz CT molecular complexity index is 491. The number of aromatic carboxylic acids is 1. The van der Waals surface area contributed by atoms with Crippen molar-refractivity contribution in [3.05, 3.63) is 29.6 Å². The van der Waals surface area contributed by atoms with Gasteiger partial charge in [0.05, 0.1) is 5.69 Å². The van der Waals surface area contributed by atoms with Crippen LogP contribution < -0.4 is 5.32 Å². The first-order chi connectivity index (χ1) is 8.88. The van der Waals surface area contributed by atoms with Crippen LogP contribution in [0.5, 0.6) is 0 Å². The summed E-state index contributed by atoms with van der Waals surface area (Å²) < 4.78 is 13.4. The summed E-state index contributed by atoms with van der Waals surface area (Å²) in [7, 11) is 1.60. The SMILES string of the molecule is CCC(C)N(C)C(=O)Nc1cccc(F)c1C(=O)O. The highest BCUT2D eigenvalue weighted by Crippen LogP contribution is 2.19. The fourth-order valence-electron chi connectivity index (χ4n) is 1.52. The highest BCUT2D eigenvalue weighted by atomic mass is 19.1. The van der Waals surface area contributed by atoms with Crippen molar-refractivity contribution in [1.82, 2.24) is 4.90 Å². The van der Waals surface area contributed by atoms with Gasteiger partial charge in [0.15, 0.2) is 0 Å². The van der Waals surface area contributed by atoms with Crippen LogP contribution in [0.4, 0.5) is 14.9 Å². The van der Waals surface area contributed by atoms with Crippen molar-refractivity contribution in [2.24, 2.45) is 0 Å². The summed E-state index contributed by atoms with van der Waals surface area (Å²) in [6, 6.07) is 3.27. The Kier molecular flexibility index (Phi) is 4.86. The molecular weight excluding hydrogens is 251 g/mol. The molecule has 0 aliphatic carbocycles. The smallest absolute Gasteiger partial charge is 0.340 e. The number of amides is 2. The number of carbonyl (C=O) groups is 2. The van der Waals surface area contributed by atoms with E-state index in [9.17, 15) is 14.0 Å². The van der Waals surface area contributed by atoms with Crippen LogP contribution in [0, 0.1) is 5.82 Å². The van der Waals surface area contributed by atoms with E-state index >= 15 is 0 Å². The van der Waals surface area contributed by atoms with E-state index in [2.05, 4.69) is 5.32 Å². The molecule has 0 saturated heterocycles. The summed E-state index contributed by atoms with van der Waals surface area (Å²) in [5, 5.41) is 11.4. The third-order valence-electron chi connectivity index (χ3n) is 3.04. The number of hydrogen-bond donors (Lipinski definition) is 2. The van der Waals surface area contributed by atoms with Gasteiger partial charge in [-0.1, -0.05) is 13.0 Å². The molecule has 0 aromatic heterocycles. The number of halogens is 1. The molecule has 0 fully saturated rings. The zero-order valence-corrected chi connectivity index (χ0v) is 11.1. The van der Waals surface area contributed by atoms with Crippen molar-refractivity contribution in [1.29, 1.82) is 0 Å². The topological polar surface area (TPSA) is 69.6 Å². The Hall–Kier alpha value is -2.11. The Morgan fingerprint density at radius 2 is 2.11 bits per heavy atom. The number of nitrogens with one attached hydrogen (secondary N) is 1. The van der Waals surface area contributed by atoms with Gasteiger partial charge < -0.3 is 15.3 Å². The van der Waals surface area contributed by atoms with Gasteiger partial charge in [0, 0.05) is 13.1 Å². The number of carboxylic acids is 1. The van der Waals surface area contributed by atoms with E-state index in [0.29, 0.717) is 0 Å². The van der Waals surface area contributed by atoms with Gasteiger partial charge >= 0.3 is 12.0 Å². The van der Waals surface area contributed by atoms with Gasteiger partial charge in [-0.15, -0.1) is 0 Å². The minimum absolute atomic E-state index is 0.00170. The van der Waals surface area contributed by atoms with Crippen molar-refractivity contribution in [2.45, 2.75) is 26.3 Å². The number of carboxylic acid groups (broad SMARTS) is 1. The zero-order valence-electron chi connectivity index (χ0n) is 11.1. The minimum Gasteiger partial charge on any atom is -0.478 e. The van der Waals surface area contributed by atoms with Crippen molar-refractivity contribution in [3.8, 4) is 0 Å². The third kappa shape index (κ3) is 3.43. The fourth-order valence-corrected chi connectivity index (χ4v) is 1.52. The van der Waals surface area contributed by atoms with Crippen LogP contribution in [0.1, 0.15) is 30.6 Å². The monoisotopic (exact) mass is 268 g/mol. The fraction of sp³-hybridized carbons (Fsp3) is 0.385. The second kappa shape index (κ2) is 6.17. The number of hydrogen-bond acceptors (Lipinski definition) is 2. The third-order valence-corrected chi connectivity index (χ3v) is 3.04. The number of anilines is 1. The summed E-state index contributed by atoms with van der Waals surface area (Å²) in [5.41, 5.74) is -0.582. The Balaban J connectivity index is 2.97. The van der Waals surface area contributed by atoms with Gasteiger partial charge in [-0.25, -0.2) is 14.0 Å². The first-order valence-electron chi connectivity index (χ1n) is 5.94. The molecule has 104 valence electrons. The molecule has 0 aliphatic heterocycles. The van der Waals surface area contributed by atoms with Crippen molar-refractivity contribution in [2.75, 3.05) is 12.4 Å². The molecular formula is C13H17FN2O3. The molecule has 0 heterocycles. The summed E-state index contributed by atoms with van der Waals surface area (Å²) in [6.07, 6.45) is 0.763. The minimum atomic E-state index is -1.42. The lowest BCUT2D eigenvalue weighted by Crippen LogP contribution is -2.38. The average Bonchev–Trinajstić information content (AvgIpc) is 2.36. The Morgan fingerprint density at radius 1 is 1.47 bits per heavy atom.